The summed E-state index contributed by atoms with van der Waals surface area (Å²) in [7, 11) is 5.01. The lowest BCUT2D eigenvalue weighted by atomic mass is 10.1. The van der Waals surface area contributed by atoms with Crippen molar-refractivity contribution in [3.05, 3.63) is 89.6 Å². The van der Waals surface area contributed by atoms with E-state index in [1.54, 1.807) is 56.8 Å². The van der Waals surface area contributed by atoms with Gasteiger partial charge in [0.25, 0.3) is 0 Å². The molecule has 214 valence electrons. The van der Waals surface area contributed by atoms with E-state index in [4.69, 9.17) is 29.7 Å². The zero-order chi connectivity index (χ0) is 29.4. The van der Waals surface area contributed by atoms with Gasteiger partial charge in [-0.25, -0.2) is 14.7 Å². The number of ether oxygens (including phenoxy) is 4. The Kier molecular flexibility index (Phi) is 9.47. The molecule has 0 aliphatic heterocycles. The van der Waals surface area contributed by atoms with Gasteiger partial charge in [0.2, 0.25) is 5.95 Å². The largest absolute Gasteiger partial charge is 0.497 e. The molecule has 0 bridgehead atoms. The number of nitrogens with zero attached hydrogens (tertiary/aromatic N) is 4. The number of likely N-dealkylation sites (N-methyl/N-ethyl adjacent to an activating group) is 1. The number of methoxy groups -OCH3 is 2. The van der Waals surface area contributed by atoms with E-state index in [0.29, 0.717) is 53.4 Å². The number of carbonyl (C=O) groups is 1. The molecule has 41 heavy (non-hydrogen) atoms. The van der Waals surface area contributed by atoms with Gasteiger partial charge < -0.3 is 29.6 Å². The smallest absolute Gasteiger partial charge is 0.420 e. The number of aromatic nitrogens is 2. The van der Waals surface area contributed by atoms with Crippen LogP contribution in [0.5, 0.6) is 17.2 Å². The summed E-state index contributed by atoms with van der Waals surface area (Å²) in [6.45, 7) is 4.77. The summed E-state index contributed by atoms with van der Waals surface area (Å²) in [4.78, 5) is 26.2. The maximum atomic E-state index is 13.7. The third kappa shape index (κ3) is 7.16. The summed E-state index contributed by atoms with van der Waals surface area (Å²) in [5.41, 5.74) is 9.57. The molecular weight excluding hydrogens is 522 g/mol. The number of amides is 1. The van der Waals surface area contributed by atoms with Crippen molar-refractivity contribution in [3.63, 3.8) is 0 Å². The van der Waals surface area contributed by atoms with Crippen LogP contribution in [0.1, 0.15) is 16.7 Å². The first-order valence-corrected chi connectivity index (χ1v) is 13.1. The lowest BCUT2D eigenvalue weighted by Gasteiger charge is -2.26. The number of aryl methyl sites for hydroxylation is 2. The number of rotatable bonds is 11. The molecule has 0 atom stereocenters. The van der Waals surface area contributed by atoms with E-state index in [2.05, 4.69) is 4.98 Å². The van der Waals surface area contributed by atoms with Crippen LogP contribution in [0.15, 0.2) is 72.9 Å². The fourth-order valence-corrected chi connectivity index (χ4v) is 4.27. The van der Waals surface area contributed by atoms with Crippen molar-refractivity contribution in [2.45, 2.75) is 20.5 Å². The first kappa shape index (κ1) is 29.0. The van der Waals surface area contributed by atoms with Crippen LogP contribution in [0.3, 0.4) is 0 Å². The summed E-state index contributed by atoms with van der Waals surface area (Å²) in [6.07, 6.45) is 1.03. The molecule has 1 heterocycles. The number of anilines is 4. The Morgan fingerprint density at radius 2 is 1.63 bits per heavy atom. The number of para-hydroxylation sites is 1. The molecule has 4 rings (SSSR count). The standard InChI is InChI=1S/C31H35N5O5/c1-21-7-6-8-22(2)29(21)36(31(37)41-20-23-19-26(38-4)13-14-27(23)39-5)28-15-16-33-30(34-28)35(3)17-18-40-25-11-9-24(32)10-12-25/h6-16,19H,17-18,20,32H2,1-5H3. The maximum Gasteiger partial charge on any atom is 0.420 e. The molecule has 4 aromatic rings. The Morgan fingerprint density at radius 3 is 2.32 bits per heavy atom. The Morgan fingerprint density at radius 1 is 0.927 bits per heavy atom. The fourth-order valence-electron chi connectivity index (χ4n) is 4.27. The van der Waals surface area contributed by atoms with E-state index in [0.717, 1.165) is 16.9 Å². The predicted octanol–water partition coefficient (Wildman–Crippen LogP) is 5.68. The van der Waals surface area contributed by atoms with Crippen LogP contribution in [-0.2, 0) is 11.3 Å². The number of nitrogens with two attached hydrogens (primary N) is 1. The summed E-state index contributed by atoms with van der Waals surface area (Å²) in [5.74, 6) is 2.75. The van der Waals surface area contributed by atoms with Gasteiger partial charge in [-0.05, 0) is 67.4 Å². The normalized spacial score (nSPS) is 10.6. The number of hydrogen-bond acceptors (Lipinski definition) is 9. The Bertz CT molecular complexity index is 1460. The van der Waals surface area contributed by atoms with Crippen molar-refractivity contribution in [1.29, 1.82) is 0 Å². The Hall–Kier alpha value is -4.99. The van der Waals surface area contributed by atoms with Gasteiger partial charge in [-0.3, -0.25) is 0 Å². The highest BCUT2D eigenvalue weighted by Gasteiger charge is 2.25. The topological polar surface area (TPSA) is 112 Å². The maximum absolute atomic E-state index is 13.7. The van der Waals surface area contributed by atoms with Gasteiger partial charge in [-0.2, -0.15) is 4.98 Å². The van der Waals surface area contributed by atoms with Crippen LogP contribution < -0.4 is 29.7 Å². The zero-order valence-corrected chi connectivity index (χ0v) is 24.0. The van der Waals surface area contributed by atoms with Crippen LogP contribution in [0.2, 0.25) is 0 Å². The second-order valence-electron chi connectivity index (χ2n) is 9.36. The van der Waals surface area contributed by atoms with Crippen molar-refractivity contribution < 1.29 is 23.7 Å². The molecule has 0 saturated heterocycles. The highest BCUT2D eigenvalue weighted by Crippen LogP contribution is 2.33. The van der Waals surface area contributed by atoms with E-state index >= 15 is 0 Å². The molecule has 1 aromatic heterocycles. The minimum atomic E-state index is -0.591. The van der Waals surface area contributed by atoms with Gasteiger partial charge >= 0.3 is 6.09 Å². The monoisotopic (exact) mass is 557 g/mol. The average molecular weight is 558 g/mol. The first-order chi connectivity index (χ1) is 19.8. The lowest BCUT2D eigenvalue weighted by Crippen LogP contribution is -2.30. The van der Waals surface area contributed by atoms with Crippen LogP contribution in [0, 0.1) is 13.8 Å². The van der Waals surface area contributed by atoms with Crippen LogP contribution in [0.4, 0.5) is 27.9 Å². The van der Waals surface area contributed by atoms with E-state index in [1.165, 1.54) is 4.90 Å². The second-order valence-corrected chi connectivity index (χ2v) is 9.36. The molecule has 1 amide bonds. The van der Waals surface area contributed by atoms with E-state index < -0.39 is 6.09 Å². The molecule has 0 aliphatic carbocycles. The van der Waals surface area contributed by atoms with Gasteiger partial charge in [0.05, 0.1) is 26.5 Å². The molecule has 10 nitrogen and oxygen atoms in total. The number of carbonyl (C=O) groups excluding carboxylic acids is 1. The molecule has 0 saturated carbocycles. The Balaban J connectivity index is 1.57. The minimum absolute atomic E-state index is 0.0268. The van der Waals surface area contributed by atoms with Gasteiger partial charge in [0, 0.05) is 30.6 Å². The molecule has 0 radical (unpaired) electrons. The Labute approximate surface area is 240 Å². The first-order valence-electron chi connectivity index (χ1n) is 13.1. The summed E-state index contributed by atoms with van der Waals surface area (Å²) in [6, 6.07) is 20.1. The van der Waals surface area contributed by atoms with Crippen molar-refractivity contribution in [3.8, 4) is 17.2 Å². The van der Waals surface area contributed by atoms with E-state index in [1.807, 2.05) is 56.1 Å². The summed E-state index contributed by atoms with van der Waals surface area (Å²) in [5, 5.41) is 0. The van der Waals surface area contributed by atoms with Crippen LogP contribution in [0.25, 0.3) is 0 Å². The zero-order valence-electron chi connectivity index (χ0n) is 24.0. The highest BCUT2D eigenvalue weighted by atomic mass is 16.6. The third-order valence-electron chi connectivity index (χ3n) is 6.46. The van der Waals surface area contributed by atoms with Crippen molar-refractivity contribution in [2.75, 3.05) is 50.0 Å². The predicted molar refractivity (Wildman–Crippen MR) is 159 cm³/mol. The quantitative estimate of drug-likeness (QED) is 0.233. The second kappa shape index (κ2) is 13.4. The third-order valence-corrected chi connectivity index (χ3v) is 6.46. The molecule has 10 heteroatoms. The number of hydrogen-bond donors (Lipinski definition) is 1. The average Bonchev–Trinajstić information content (AvgIpc) is 2.98. The fraction of sp³-hybridized carbons (Fsp3) is 0.258. The molecule has 0 fully saturated rings. The van der Waals surface area contributed by atoms with Gasteiger partial charge in [-0.1, -0.05) is 18.2 Å². The van der Waals surface area contributed by atoms with Crippen molar-refractivity contribution in [1.82, 2.24) is 9.97 Å². The number of benzene rings is 3. The summed E-state index contributed by atoms with van der Waals surface area (Å²) < 4.78 is 22.4. The molecule has 0 unspecified atom stereocenters. The molecule has 0 aliphatic rings. The molecular formula is C31H35N5O5. The molecule has 0 spiro atoms. The summed E-state index contributed by atoms with van der Waals surface area (Å²) >= 11 is 0. The molecule has 2 N–H and O–H groups in total. The molecule has 3 aromatic carbocycles. The van der Waals surface area contributed by atoms with Crippen LogP contribution in [-0.4, -0.2) is 50.5 Å². The van der Waals surface area contributed by atoms with Gasteiger partial charge in [0.15, 0.2) is 0 Å². The van der Waals surface area contributed by atoms with Gasteiger partial charge in [-0.15, -0.1) is 0 Å². The highest BCUT2D eigenvalue weighted by molar-refractivity contribution is 5.96. The van der Waals surface area contributed by atoms with Crippen molar-refractivity contribution in [2.24, 2.45) is 0 Å². The number of nitrogen functional groups attached to an aromatic ring is 1. The minimum Gasteiger partial charge on any atom is -0.497 e. The van der Waals surface area contributed by atoms with Gasteiger partial charge in [0.1, 0.15) is 36.3 Å². The van der Waals surface area contributed by atoms with E-state index in [9.17, 15) is 4.79 Å². The van der Waals surface area contributed by atoms with E-state index in [-0.39, 0.29) is 6.61 Å². The van der Waals surface area contributed by atoms with Crippen molar-refractivity contribution >= 4 is 29.2 Å². The van der Waals surface area contributed by atoms with Crippen LogP contribution >= 0.6 is 0 Å². The SMILES string of the molecule is COc1ccc(OC)c(COC(=O)N(c2ccnc(N(C)CCOc3ccc(N)cc3)n2)c2c(C)cccc2C)c1. The lowest BCUT2D eigenvalue weighted by molar-refractivity contribution is 0.148.